The summed E-state index contributed by atoms with van der Waals surface area (Å²) in [7, 11) is 0. The second-order valence-electron chi connectivity index (χ2n) is 4.62. The predicted molar refractivity (Wildman–Crippen MR) is 54.3 cm³/mol. The molecule has 1 aromatic rings. The lowest BCUT2D eigenvalue weighted by molar-refractivity contribution is -0.121. The highest BCUT2D eigenvalue weighted by Crippen LogP contribution is 2.38. The van der Waals surface area contributed by atoms with Gasteiger partial charge in [-0.15, -0.1) is 0 Å². The van der Waals surface area contributed by atoms with Gasteiger partial charge < -0.3 is 0 Å². The molecular weight excluding hydrogens is 214 g/mol. The molecule has 0 aliphatic heterocycles. The van der Waals surface area contributed by atoms with E-state index in [1.54, 1.807) is 6.92 Å². The quantitative estimate of drug-likeness (QED) is 0.779. The lowest BCUT2D eigenvalue weighted by Gasteiger charge is -2.19. The van der Waals surface area contributed by atoms with Gasteiger partial charge >= 0.3 is 6.05 Å². The Kier molecular flexibility index (Phi) is 2.36. The summed E-state index contributed by atoms with van der Waals surface area (Å²) < 4.78 is 26.6. The van der Waals surface area contributed by atoms with Crippen molar-refractivity contribution in [3.63, 3.8) is 0 Å². The lowest BCUT2D eigenvalue weighted by Crippen LogP contribution is -2.26. The van der Waals surface area contributed by atoms with E-state index in [0.717, 1.165) is 13.3 Å². The first kappa shape index (κ1) is 11.2. The normalized spacial score (nSPS) is 26.4. The molecule has 1 unspecified atom stereocenters. The van der Waals surface area contributed by atoms with Gasteiger partial charge in [-0.3, -0.25) is 4.79 Å². The second-order valence-corrected chi connectivity index (χ2v) is 4.62. The molecule has 0 N–H and O–H groups in total. The van der Waals surface area contributed by atoms with Crippen LogP contribution in [-0.4, -0.2) is 15.6 Å². The summed E-state index contributed by atoms with van der Waals surface area (Å²) in [6.45, 7) is 2.58. The van der Waals surface area contributed by atoms with Crippen LogP contribution >= 0.6 is 0 Å². The molecule has 1 aliphatic rings. The number of halogens is 2. The fraction of sp³-hybridized carbons (Fsp3) is 0.636. The number of nitrogens with zero attached hydrogens (tertiary/aromatic N) is 2. The van der Waals surface area contributed by atoms with Gasteiger partial charge in [-0.1, -0.05) is 0 Å². The molecular formula is C11H14F2N2O. The number of aromatic nitrogens is 2. The third-order valence-electron chi connectivity index (χ3n) is 3.32. The van der Waals surface area contributed by atoms with Crippen molar-refractivity contribution in [3.05, 3.63) is 18.0 Å². The summed E-state index contributed by atoms with van der Waals surface area (Å²) in [5.41, 5.74) is -0.0275. The Labute approximate surface area is 92.4 Å². The van der Waals surface area contributed by atoms with Crippen LogP contribution in [0.1, 0.15) is 38.7 Å². The first-order valence-corrected chi connectivity index (χ1v) is 5.31. The molecule has 1 fully saturated rings. The summed E-state index contributed by atoms with van der Waals surface area (Å²) >= 11 is 0. The van der Waals surface area contributed by atoms with E-state index in [9.17, 15) is 13.6 Å². The minimum Gasteiger partial charge on any atom is -0.299 e. The average Bonchev–Trinajstić information content (AvgIpc) is 2.74. The summed E-state index contributed by atoms with van der Waals surface area (Å²) in [4.78, 5) is 11.7. The SMILES string of the molecule is CC1(c2cnn(C(C)(F)F)c2)CCCC1=O. The summed E-state index contributed by atoms with van der Waals surface area (Å²) in [6, 6.07) is -3.02. The number of Topliss-reactive ketones (excluding diaryl/α,β-unsaturated/α-hetero) is 1. The highest BCUT2D eigenvalue weighted by molar-refractivity contribution is 5.91. The third kappa shape index (κ3) is 1.64. The van der Waals surface area contributed by atoms with E-state index in [-0.39, 0.29) is 5.78 Å². The van der Waals surface area contributed by atoms with Gasteiger partial charge in [0.2, 0.25) is 0 Å². The van der Waals surface area contributed by atoms with Crippen LogP contribution in [0.2, 0.25) is 0 Å². The minimum absolute atomic E-state index is 0.117. The van der Waals surface area contributed by atoms with E-state index >= 15 is 0 Å². The van der Waals surface area contributed by atoms with Crippen molar-refractivity contribution in [2.24, 2.45) is 0 Å². The van der Waals surface area contributed by atoms with E-state index in [1.165, 1.54) is 12.4 Å². The fourth-order valence-electron chi connectivity index (χ4n) is 2.15. The van der Waals surface area contributed by atoms with Crippen LogP contribution in [0.3, 0.4) is 0 Å². The molecule has 1 atom stereocenters. The smallest absolute Gasteiger partial charge is 0.299 e. The molecule has 1 heterocycles. The lowest BCUT2D eigenvalue weighted by atomic mass is 9.82. The largest absolute Gasteiger partial charge is 0.340 e. The third-order valence-corrected chi connectivity index (χ3v) is 3.32. The van der Waals surface area contributed by atoms with Crippen molar-refractivity contribution in [2.45, 2.75) is 44.6 Å². The molecule has 1 aliphatic carbocycles. The van der Waals surface area contributed by atoms with Crippen molar-refractivity contribution in [2.75, 3.05) is 0 Å². The number of alkyl halides is 2. The molecule has 0 aromatic carbocycles. The highest BCUT2D eigenvalue weighted by Gasteiger charge is 2.40. The molecule has 0 radical (unpaired) electrons. The van der Waals surface area contributed by atoms with Crippen LogP contribution in [0.5, 0.6) is 0 Å². The van der Waals surface area contributed by atoms with E-state index in [0.29, 0.717) is 23.1 Å². The first-order valence-electron chi connectivity index (χ1n) is 5.31. The van der Waals surface area contributed by atoms with Crippen molar-refractivity contribution in [1.82, 2.24) is 9.78 Å². The average molecular weight is 228 g/mol. The van der Waals surface area contributed by atoms with Gasteiger partial charge in [0.15, 0.2) is 0 Å². The summed E-state index contributed by atoms with van der Waals surface area (Å²) in [5.74, 6) is 0.117. The van der Waals surface area contributed by atoms with Gasteiger partial charge in [0.05, 0.1) is 11.6 Å². The molecule has 1 saturated carbocycles. The zero-order chi connectivity index (χ0) is 12.0. The standard InChI is InChI=1S/C11H14F2N2O/c1-10(5-3-4-9(10)16)8-6-14-15(7-8)11(2,12)13/h6-7H,3-5H2,1-2H3. The molecule has 0 spiro atoms. The topological polar surface area (TPSA) is 34.9 Å². The van der Waals surface area contributed by atoms with Gasteiger partial charge in [-0.2, -0.15) is 13.9 Å². The van der Waals surface area contributed by atoms with Crippen LogP contribution in [-0.2, 0) is 16.3 Å². The van der Waals surface area contributed by atoms with Crippen molar-refractivity contribution >= 4 is 5.78 Å². The Balaban J connectivity index is 2.35. The molecule has 5 heteroatoms. The molecule has 3 nitrogen and oxygen atoms in total. The van der Waals surface area contributed by atoms with Crippen molar-refractivity contribution in [1.29, 1.82) is 0 Å². The number of carbonyl (C=O) groups excluding carboxylic acids is 1. The van der Waals surface area contributed by atoms with Gasteiger partial charge in [-0.25, -0.2) is 4.68 Å². The minimum atomic E-state index is -3.02. The number of carbonyl (C=O) groups is 1. The maximum absolute atomic E-state index is 13.0. The fourth-order valence-corrected chi connectivity index (χ4v) is 2.15. The van der Waals surface area contributed by atoms with Crippen LogP contribution in [0, 0.1) is 0 Å². The number of hydrogen-bond acceptors (Lipinski definition) is 2. The van der Waals surface area contributed by atoms with Crippen LogP contribution < -0.4 is 0 Å². The maximum atomic E-state index is 13.0. The van der Waals surface area contributed by atoms with E-state index < -0.39 is 11.5 Å². The molecule has 2 rings (SSSR count). The Hall–Kier alpha value is -1.26. The first-order chi connectivity index (χ1) is 7.34. The summed E-state index contributed by atoms with van der Waals surface area (Å²) in [6.07, 6.45) is 4.73. The number of hydrogen-bond donors (Lipinski definition) is 0. The van der Waals surface area contributed by atoms with Gasteiger partial charge in [-0.05, 0) is 19.8 Å². The van der Waals surface area contributed by atoms with E-state index in [1.807, 2.05) is 0 Å². The van der Waals surface area contributed by atoms with Crippen LogP contribution in [0.4, 0.5) is 8.78 Å². The van der Waals surface area contributed by atoms with Crippen molar-refractivity contribution < 1.29 is 13.6 Å². The predicted octanol–water partition coefficient (Wildman–Crippen LogP) is 2.46. The summed E-state index contributed by atoms with van der Waals surface area (Å²) in [5, 5.41) is 3.63. The number of ketones is 1. The van der Waals surface area contributed by atoms with Gasteiger partial charge in [0, 0.05) is 25.1 Å². The second kappa shape index (κ2) is 3.37. The zero-order valence-corrected chi connectivity index (χ0v) is 9.33. The molecule has 0 saturated heterocycles. The Bertz CT molecular complexity index is 422. The van der Waals surface area contributed by atoms with E-state index in [2.05, 4.69) is 5.10 Å². The van der Waals surface area contributed by atoms with Crippen LogP contribution in [0.15, 0.2) is 12.4 Å². The molecule has 0 amide bonds. The van der Waals surface area contributed by atoms with Crippen LogP contribution in [0.25, 0.3) is 0 Å². The van der Waals surface area contributed by atoms with Crippen molar-refractivity contribution in [3.8, 4) is 0 Å². The molecule has 1 aromatic heterocycles. The number of rotatable bonds is 2. The van der Waals surface area contributed by atoms with Gasteiger partial charge in [0.25, 0.3) is 0 Å². The molecule has 0 bridgehead atoms. The molecule has 88 valence electrons. The Morgan fingerprint density at radius 2 is 2.25 bits per heavy atom. The molecule has 16 heavy (non-hydrogen) atoms. The van der Waals surface area contributed by atoms with E-state index in [4.69, 9.17) is 0 Å². The highest BCUT2D eigenvalue weighted by atomic mass is 19.3. The maximum Gasteiger partial charge on any atom is 0.340 e. The Morgan fingerprint density at radius 3 is 2.69 bits per heavy atom. The monoisotopic (exact) mass is 228 g/mol. The Morgan fingerprint density at radius 1 is 1.56 bits per heavy atom. The van der Waals surface area contributed by atoms with Gasteiger partial charge in [0.1, 0.15) is 5.78 Å². The zero-order valence-electron chi connectivity index (χ0n) is 9.33.